The van der Waals surface area contributed by atoms with Crippen molar-refractivity contribution in [2.75, 3.05) is 0 Å². The molecule has 178 valence electrons. The zero-order valence-electron chi connectivity index (χ0n) is 19.1. The number of carbonyl (C=O) groups is 1. The van der Waals surface area contributed by atoms with Crippen molar-refractivity contribution in [1.29, 1.82) is 0 Å². The normalized spacial score (nSPS) is 16.6. The molecule has 0 unspecified atom stereocenters. The summed E-state index contributed by atoms with van der Waals surface area (Å²) in [6, 6.07) is 3.11. The molecule has 8 nitrogen and oxygen atoms in total. The second-order valence-electron chi connectivity index (χ2n) is 9.30. The molecule has 1 aliphatic heterocycles. The number of Topliss-reactive ketones (excluding diaryl/α,β-unsaturated/α-hetero) is 1. The fraction of sp³-hybridized carbons (Fsp3) is 0.400. The Morgan fingerprint density at radius 1 is 1.06 bits per heavy atom. The third-order valence-corrected chi connectivity index (χ3v) is 5.95. The number of rotatable bonds is 6. The van der Waals surface area contributed by atoms with E-state index in [4.69, 9.17) is 4.74 Å². The van der Waals surface area contributed by atoms with Crippen molar-refractivity contribution in [3.05, 3.63) is 46.5 Å². The van der Waals surface area contributed by atoms with Crippen molar-refractivity contribution in [2.24, 2.45) is 5.92 Å². The van der Waals surface area contributed by atoms with Crippen molar-refractivity contribution in [3.63, 3.8) is 0 Å². The van der Waals surface area contributed by atoms with Crippen LogP contribution < -0.4 is 4.74 Å². The first-order chi connectivity index (χ1) is 15.3. The molecule has 0 radical (unpaired) electrons. The molecule has 3 rings (SSSR count). The van der Waals surface area contributed by atoms with Crippen LogP contribution in [-0.4, -0.2) is 42.0 Å². The summed E-state index contributed by atoms with van der Waals surface area (Å²) >= 11 is 0. The quantitative estimate of drug-likeness (QED) is 0.353. The van der Waals surface area contributed by atoms with Gasteiger partial charge in [-0.2, -0.15) is 0 Å². The molecule has 6 N–H and O–H groups in total. The number of phenolic OH excluding ortho intramolecular Hbond substituents is 5. The van der Waals surface area contributed by atoms with Gasteiger partial charge < -0.3 is 35.4 Å². The number of carbonyl (C=O) groups excluding carboxylic acids is 1. The van der Waals surface area contributed by atoms with E-state index in [0.29, 0.717) is 6.42 Å². The Bertz CT molecular complexity index is 1080. The predicted molar refractivity (Wildman–Crippen MR) is 121 cm³/mol. The van der Waals surface area contributed by atoms with E-state index in [1.54, 1.807) is 13.8 Å². The minimum atomic E-state index is -1.13. The summed E-state index contributed by atoms with van der Waals surface area (Å²) in [5.41, 5.74) is -0.0362. The molecular formula is C25H30O8. The number of hydrogen-bond acceptors (Lipinski definition) is 8. The molecule has 1 heterocycles. The summed E-state index contributed by atoms with van der Waals surface area (Å²) < 4.78 is 5.98. The number of ether oxygens (including phenoxy) is 1. The highest BCUT2D eigenvalue weighted by Crippen LogP contribution is 2.49. The van der Waals surface area contributed by atoms with Crippen molar-refractivity contribution < 1.29 is 40.2 Å². The molecule has 0 spiro atoms. The summed E-state index contributed by atoms with van der Waals surface area (Å²) in [4.78, 5) is 12.9. The minimum Gasteiger partial charge on any atom is -0.508 e. The number of aliphatic hydroxyl groups is 1. The maximum atomic E-state index is 12.9. The van der Waals surface area contributed by atoms with E-state index in [2.05, 4.69) is 0 Å². The van der Waals surface area contributed by atoms with Gasteiger partial charge in [-0.3, -0.25) is 4.79 Å². The Labute approximate surface area is 192 Å². The maximum Gasteiger partial charge on any atom is 0.174 e. The smallest absolute Gasteiger partial charge is 0.174 e. The highest BCUT2D eigenvalue weighted by atomic mass is 16.5. The topological polar surface area (TPSA) is 148 Å². The van der Waals surface area contributed by atoms with E-state index >= 15 is 0 Å². The average molecular weight is 459 g/mol. The van der Waals surface area contributed by atoms with Gasteiger partial charge in [0, 0.05) is 23.8 Å². The van der Waals surface area contributed by atoms with Gasteiger partial charge in [-0.15, -0.1) is 0 Å². The molecular weight excluding hydrogens is 428 g/mol. The van der Waals surface area contributed by atoms with Gasteiger partial charge in [-0.05, 0) is 46.5 Å². The van der Waals surface area contributed by atoms with E-state index in [1.807, 2.05) is 19.9 Å². The first-order valence-corrected chi connectivity index (χ1v) is 10.7. The Morgan fingerprint density at radius 3 is 2.21 bits per heavy atom. The van der Waals surface area contributed by atoms with E-state index < -0.39 is 34.7 Å². The van der Waals surface area contributed by atoms with Gasteiger partial charge in [0.1, 0.15) is 46.2 Å². The van der Waals surface area contributed by atoms with Crippen molar-refractivity contribution in [1.82, 2.24) is 0 Å². The van der Waals surface area contributed by atoms with Gasteiger partial charge >= 0.3 is 0 Å². The first kappa shape index (κ1) is 24.3. The number of benzene rings is 2. The van der Waals surface area contributed by atoms with Crippen LogP contribution in [0.15, 0.2) is 29.8 Å². The lowest BCUT2D eigenvalue weighted by Gasteiger charge is -2.32. The van der Waals surface area contributed by atoms with Crippen LogP contribution in [0.2, 0.25) is 0 Å². The molecule has 8 heteroatoms. The summed E-state index contributed by atoms with van der Waals surface area (Å²) in [5, 5.41) is 61.8. The van der Waals surface area contributed by atoms with Crippen molar-refractivity contribution in [3.8, 4) is 34.5 Å². The highest BCUT2D eigenvalue weighted by molar-refractivity contribution is 6.03. The third kappa shape index (κ3) is 5.01. The molecule has 0 aromatic heterocycles. The van der Waals surface area contributed by atoms with Crippen molar-refractivity contribution >= 4 is 5.78 Å². The summed E-state index contributed by atoms with van der Waals surface area (Å²) in [5.74, 6) is -2.96. The first-order valence-electron chi connectivity index (χ1n) is 10.7. The SMILES string of the molecule is CC(C)=CC[C@H](Cc1c(O)cc(O)c2c1O[C@H](c1c(O)cc(O)cc1O)CC2=O)C(C)(C)O. The standard InChI is InChI=1S/C25H30O8/c1-12(2)5-6-13(25(3,4)32)7-15-16(27)10-19(30)23-20(31)11-21(33-24(15)23)22-17(28)8-14(26)9-18(22)29/h5,8-10,13,21,26-30,32H,6-7,11H2,1-4H3/t13-,21+/m1/s1. The van der Waals surface area contributed by atoms with E-state index in [1.165, 1.54) is 0 Å². The van der Waals surface area contributed by atoms with Gasteiger partial charge in [0.05, 0.1) is 17.6 Å². The number of allylic oxidation sites excluding steroid dienone is 2. The van der Waals surface area contributed by atoms with Gasteiger partial charge in [-0.1, -0.05) is 11.6 Å². The number of hydrogen-bond donors (Lipinski definition) is 6. The molecule has 0 bridgehead atoms. The van der Waals surface area contributed by atoms with E-state index in [-0.39, 0.29) is 52.7 Å². The second kappa shape index (κ2) is 8.86. The van der Waals surface area contributed by atoms with E-state index in [0.717, 1.165) is 23.8 Å². The van der Waals surface area contributed by atoms with Crippen LogP contribution in [-0.2, 0) is 6.42 Å². The van der Waals surface area contributed by atoms with Crippen LogP contribution in [0.5, 0.6) is 34.5 Å². The van der Waals surface area contributed by atoms with Crippen LogP contribution in [0.25, 0.3) is 0 Å². The number of aromatic hydroxyl groups is 5. The average Bonchev–Trinajstić information content (AvgIpc) is 2.64. The van der Waals surface area contributed by atoms with Crippen LogP contribution in [0.4, 0.5) is 0 Å². The Morgan fingerprint density at radius 2 is 1.67 bits per heavy atom. The molecule has 2 atom stereocenters. The lowest BCUT2D eigenvalue weighted by molar-refractivity contribution is 0.0175. The predicted octanol–water partition coefficient (Wildman–Crippen LogP) is 4.21. The fourth-order valence-corrected chi connectivity index (χ4v) is 4.07. The monoisotopic (exact) mass is 458 g/mol. The summed E-state index contributed by atoms with van der Waals surface area (Å²) in [7, 11) is 0. The van der Waals surface area contributed by atoms with Crippen molar-refractivity contribution in [2.45, 2.75) is 58.7 Å². The van der Waals surface area contributed by atoms with Gasteiger partial charge in [0.2, 0.25) is 0 Å². The lowest BCUT2D eigenvalue weighted by Crippen LogP contribution is -2.32. The maximum absolute atomic E-state index is 12.9. The number of ketones is 1. The van der Waals surface area contributed by atoms with Crippen LogP contribution in [0.1, 0.15) is 68.1 Å². The van der Waals surface area contributed by atoms with Gasteiger partial charge in [0.15, 0.2) is 5.78 Å². The van der Waals surface area contributed by atoms with Gasteiger partial charge in [-0.25, -0.2) is 0 Å². The molecule has 0 fully saturated rings. The zero-order valence-corrected chi connectivity index (χ0v) is 19.1. The molecule has 2 aromatic rings. The summed E-state index contributed by atoms with van der Waals surface area (Å²) in [6.07, 6.45) is 1.19. The van der Waals surface area contributed by atoms with Crippen LogP contribution >= 0.6 is 0 Å². The summed E-state index contributed by atoms with van der Waals surface area (Å²) in [6.45, 7) is 7.18. The molecule has 2 aromatic carbocycles. The molecule has 0 amide bonds. The highest BCUT2D eigenvalue weighted by Gasteiger charge is 2.37. The second-order valence-corrected chi connectivity index (χ2v) is 9.30. The Kier molecular flexibility index (Phi) is 6.51. The van der Waals surface area contributed by atoms with Crippen LogP contribution in [0.3, 0.4) is 0 Å². The number of phenols is 5. The molecule has 33 heavy (non-hydrogen) atoms. The molecule has 0 saturated carbocycles. The zero-order chi connectivity index (χ0) is 24.7. The largest absolute Gasteiger partial charge is 0.508 e. The van der Waals surface area contributed by atoms with Crippen LogP contribution in [0, 0.1) is 5.92 Å². The molecule has 0 aliphatic carbocycles. The third-order valence-electron chi connectivity index (χ3n) is 5.95. The Hall–Kier alpha value is -3.39. The Balaban J connectivity index is 2.11. The van der Waals surface area contributed by atoms with Gasteiger partial charge in [0.25, 0.3) is 0 Å². The lowest BCUT2D eigenvalue weighted by atomic mass is 9.81. The number of fused-ring (bicyclic) bond motifs is 1. The molecule has 1 aliphatic rings. The molecule has 0 saturated heterocycles. The minimum absolute atomic E-state index is 0.0629. The van der Waals surface area contributed by atoms with E-state index in [9.17, 15) is 35.4 Å². The fourth-order valence-electron chi connectivity index (χ4n) is 4.07.